The highest BCUT2D eigenvalue weighted by molar-refractivity contribution is 5.53. The zero-order chi connectivity index (χ0) is 16.3. The van der Waals surface area contributed by atoms with Crippen LogP contribution in [0.15, 0.2) is 0 Å². The van der Waals surface area contributed by atoms with Gasteiger partial charge in [-0.25, -0.2) is 0 Å². The van der Waals surface area contributed by atoms with Crippen molar-refractivity contribution >= 4 is 6.29 Å². The lowest BCUT2D eigenvalue weighted by Gasteiger charge is -2.04. The SMILES string of the molecule is CCCCCCCCCCCCCCCCCCC(C)[C]=O. The molecule has 0 N–H and O–H groups in total. The van der Waals surface area contributed by atoms with E-state index in [1.807, 2.05) is 6.92 Å². The third-order valence-electron chi connectivity index (χ3n) is 4.69. The maximum atomic E-state index is 10.4. The molecule has 131 valence electrons. The highest BCUT2D eigenvalue weighted by Gasteiger charge is 1.99. The van der Waals surface area contributed by atoms with Crippen LogP contribution in [-0.4, -0.2) is 6.29 Å². The smallest absolute Gasteiger partial charge is 0.201 e. The predicted octanol–water partition coefficient (Wildman–Crippen LogP) is 7.38. The van der Waals surface area contributed by atoms with Gasteiger partial charge in [0.1, 0.15) is 0 Å². The molecule has 0 saturated heterocycles. The molecular weight excluding hydrogens is 268 g/mol. The van der Waals surface area contributed by atoms with Gasteiger partial charge in [-0.3, -0.25) is 4.79 Å². The van der Waals surface area contributed by atoms with E-state index in [0.29, 0.717) is 0 Å². The first-order chi connectivity index (χ1) is 10.8. The molecule has 1 nitrogen and oxygen atoms in total. The van der Waals surface area contributed by atoms with Gasteiger partial charge in [-0.05, 0) is 6.42 Å². The van der Waals surface area contributed by atoms with Gasteiger partial charge in [-0.15, -0.1) is 0 Å². The van der Waals surface area contributed by atoms with E-state index >= 15 is 0 Å². The second-order valence-electron chi connectivity index (χ2n) is 7.11. The third kappa shape index (κ3) is 17.7. The molecule has 22 heavy (non-hydrogen) atoms. The van der Waals surface area contributed by atoms with Crippen LogP contribution >= 0.6 is 0 Å². The Morgan fingerprint density at radius 1 is 0.591 bits per heavy atom. The number of rotatable bonds is 18. The molecule has 1 heteroatoms. The van der Waals surface area contributed by atoms with Crippen LogP contribution in [0.1, 0.15) is 123 Å². The average molecular weight is 310 g/mol. The van der Waals surface area contributed by atoms with Gasteiger partial charge in [0.25, 0.3) is 0 Å². The van der Waals surface area contributed by atoms with Crippen LogP contribution in [0.5, 0.6) is 0 Å². The van der Waals surface area contributed by atoms with Gasteiger partial charge >= 0.3 is 0 Å². The van der Waals surface area contributed by atoms with Crippen LogP contribution in [0, 0.1) is 5.92 Å². The van der Waals surface area contributed by atoms with Gasteiger partial charge in [0.15, 0.2) is 0 Å². The van der Waals surface area contributed by atoms with Crippen molar-refractivity contribution in [3.8, 4) is 0 Å². The Morgan fingerprint density at radius 2 is 0.909 bits per heavy atom. The summed E-state index contributed by atoms with van der Waals surface area (Å²) in [6.45, 7) is 4.26. The first-order valence-corrected chi connectivity index (χ1v) is 10.2. The number of unbranched alkanes of at least 4 members (excludes halogenated alkanes) is 15. The van der Waals surface area contributed by atoms with E-state index in [4.69, 9.17) is 0 Å². The molecule has 1 atom stereocenters. The molecule has 0 aromatic rings. The maximum Gasteiger partial charge on any atom is 0.201 e. The summed E-state index contributed by atoms with van der Waals surface area (Å²) in [5.41, 5.74) is 0. The Labute approximate surface area is 140 Å². The van der Waals surface area contributed by atoms with Crippen LogP contribution < -0.4 is 0 Å². The minimum atomic E-state index is 0.145. The van der Waals surface area contributed by atoms with Crippen molar-refractivity contribution in [2.24, 2.45) is 5.92 Å². The number of hydrogen-bond acceptors (Lipinski definition) is 1. The normalized spacial score (nSPS) is 12.5. The number of hydrogen-bond donors (Lipinski definition) is 0. The molecule has 0 rings (SSSR count). The molecule has 0 heterocycles. The quantitative estimate of drug-likeness (QED) is 0.241. The molecule has 0 amide bonds. The number of carbonyl (C=O) groups excluding carboxylic acids is 1. The summed E-state index contributed by atoms with van der Waals surface area (Å²) in [6.07, 6.45) is 25.6. The molecular formula is C21H41O. The zero-order valence-electron chi connectivity index (χ0n) is 15.5. The fourth-order valence-electron chi connectivity index (χ4n) is 3.06. The first kappa shape index (κ1) is 21.7. The fourth-order valence-corrected chi connectivity index (χ4v) is 3.06. The summed E-state index contributed by atoms with van der Waals surface area (Å²) >= 11 is 0. The molecule has 0 aliphatic rings. The monoisotopic (exact) mass is 309 g/mol. The molecule has 0 fully saturated rings. The Morgan fingerprint density at radius 3 is 1.23 bits per heavy atom. The molecule has 0 aromatic heterocycles. The molecule has 1 unspecified atom stereocenters. The summed E-state index contributed by atoms with van der Waals surface area (Å²) in [4.78, 5) is 10.4. The Balaban J connectivity index is 2.98. The Bertz CT molecular complexity index is 212. The molecule has 0 bridgehead atoms. The molecule has 0 aliphatic carbocycles. The van der Waals surface area contributed by atoms with Crippen LogP contribution in [0.25, 0.3) is 0 Å². The van der Waals surface area contributed by atoms with Crippen molar-refractivity contribution < 1.29 is 4.79 Å². The van der Waals surface area contributed by atoms with E-state index in [1.54, 1.807) is 0 Å². The second kappa shape index (κ2) is 18.7. The largest absolute Gasteiger partial charge is 0.291 e. The van der Waals surface area contributed by atoms with Crippen LogP contribution in [-0.2, 0) is 4.79 Å². The minimum Gasteiger partial charge on any atom is -0.291 e. The van der Waals surface area contributed by atoms with Crippen LogP contribution in [0.3, 0.4) is 0 Å². The van der Waals surface area contributed by atoms with E-state index in [2.05, 4.69) is 13.2 Å². The first-order valence-electron chi connectivity index (χ1n) is 10.2. The molecule has 0 spiro atoms. The van der Waals surface area contributed by atoms with Crippen molar-refractivity contribution in [1.29, 1.82) is 0 Å². The lowest BCUT2D eigenvalue weighted by atomic mass is 10.0. The average Bonchev–Trinajstić information content (AvgIpc) is 2.54. The summed E-state index contributed by atoms with van der Waals surface area (Å²) in [5, 5.41) is 0. The molecule has 1 radical (unpaired) electrons. The topological polar surface area (TPSA) is 17.1 Å². The van der Waals surface area contributed by atoms with Gasteiger partial charge in [0.2, 0.25) is 6.29 Å². The van der Waals surface area contributed by atoms with Gasteiger partial charge in [-0.1, -0.05) is 117 Å². The third-order valence-corrected chi connectivity index (χ3v) is 4.69. The maximum absolute atomic E-state index is 10.4. The predicted molar refractivity (Wildman–Crippen MR) is 99.0 cm³/mol. The highest BCUT2D eigenvalue weighted by atomic mass is 16.1. The Hall–Kier alpha value is -0.330. The van der Waals surface area contributed by atoms with Gasteiger partial charge in [0, 0.05) is 5.92 Å². The standard InChI is InChI=1S/C21H41O/c1-3-4-5-6-7-8-9-10-11-12-13-14-15-16-17-18-19-21(2)20-22/h21H,3-19H2,1-2H3. The van der Waals surface area contributed by atoms with E-state index < -0.39 is 0 Å². The van der Waals surface area contributed by atoms with Crippen LogP contribution in [0.2, 0.25) is 0 Å². The molecule has 0 saturated carbocycles. The van der Waals surface area contributed by atoms with Gasteiger partial charge in [-0.2, -0.15) is 0 Å². The van der Waals surface area contributed by atoms with E-state index in [1.165, 1.54) is 103 Å². The van der Waals surface area contributed by atoms with Crippen molar-refractivity contribution in [2.45, 2.75) is 123 Å². The van der Waals surface area contributed by atoms with Gasteiger partial charge < -0.3 is 0 Å². The summed E-state index contributed by atoms with van der Waals surface area (Å²) in [7, 11) is 0. The summed E-state index contributed by atoms with van der Waals surface area (Å²) in [6, 6.07) is 0. The van der Waals surface area contributed by atoms with E-state index in [0.717, 1.165) is 6.42 Å². The second-order valence-corrected chi connectivity index (χ2v) is 7.11. The van der Waals surface area contributed by atoms with Crippen molar-refractivity contribution in [3.63, 3.8) is 0 Å². The van der Waals surface area contributed by atoms with Crippen molar-refractivity contribution in [3.05, 3.63) is 0 Å². The van der Waals surface area contributed by atoms with E-state index in [9.17, 15) is 4.79 Å². The minimum absolute atomic E-state index is 0.145. The summed E-state index contributed by atoms with van der Waals surface area (Å²) < 4.78 is 0. The van der Waals surface area contributed by atoms with Gasteiger partial charge in [0.05, 0.1) is 0 Å². The summed E-state index contributed by atoms with van der Waals surface area (Å²) in [5.74, 6) is 0.145. The lowest BCUT2D eigenvalue weighted by Crippen LogP contribution is -1.94. The lowest BCUT2D eigenvalue weighted by molar-refractivity contribution is 0.496. The highest BCUT2D eigenvalue weighted by Crippen LogP contribution is 2.14. The van der Waals surface area contributed by atoms with E-state index in [-0.39, 0.29) is 5.92 Å². The van der Waals surface area contributed by atoms with Crippen LogP contribution in [0.4, 0.5) is 0 Å². The molecule has 0 aromatic carbocycles. The Kier molecular flexibility index (Phi) is 18.4. The zero-order valence-corrected chi connectivity index (χ0v) is 15.5. The molecule has 0 aliphatic heterocycles. The van der Waals surface area contributed by atoms with Crippen molar-refractivity contribution in [2.75, 3.05) is 0 Å². The fraction of sp³-hybridized carbons (Fsp3) is 0.952. The van der Waals surface area contributed by atoms with Crippen molar-refractivity contribution in [1.82, 2.24) is 0 Å².